The van der Waals surface area contributed by atoms with E-state index < -0.39 is 11.6 Å². The van der Waals surface area contributed by atoms with Gasteiger partial charge in [-0.25, -0.2) is 18.3 Å². The van der Waals surface area contributed by atoms with E-state index in [0.29, 0.717) is 25.3 Å². The third kappa shape index (κ3) is 4.33. The Morgan fingerprint density at radius 2 is 2.03 bits per heavy atom. The lowest BCUT2D eigenvalue weighted by molar-refractivity contribution is -0.122. The first-order chi connectivity index (χ1) is 14.0. The molecule has 0 radical (unpaired) electrons. The molecule has 2 aromatic rings. The summed E-state index contributed by atoms with van der Waals surface area (Å²) in [6.07, 6.45) is 4.68. The second kappa shape index (κ2) is 8.34. The monoisotopic (exact) mass is 405 g/mol. The molecule has 4 rings (SSSR count). The average Bonchev–Trinajstić information content (AvgIpc) is 3.20. The molecule has 1 unspecified atom stereocenters. The molecule has 1 N–H and O–H groups in total. The van der Waals surface area contributed by atoms with Gasteiger partial charge in [-0.1, -0.05) is 6.42 Å². The maximum atomic E-state index is 13.4. The van der Waals surface area contributed by atoms with Crippen molar-refractivity contribution in [3.8, 4) is 0 Å². The molecule has 2 aliphatic heterocycles. The molecule has 1 saturated heterocycles. The summed E-state index contributed by atoms with van der Waals surface area (Å²) in [6.45, 7) is 2.43. The third-order valence-corrected chi connectivity index (χ3v) is 5.72. The van der Waals surface area contributed by atoms with Crippen LogP contribution in [0.4, 0.5) is 14.5 Å². The highest BCUT2D eigenvalue weighted by atomic mass is 19.2. The molecule has 0 aliphatic carbocycles. The average molecular weight is 405 g/mol. The fourth-order valence-electron chi connectivity index (χ4n) is 4.09. The molecule has 3 heterocycles. The van der Waals surface area contributed by atoms with E-state index in [4.69, 9.17) is 0 Å². The Hall–Kier alpha value is -2.71. The van der Waals surface area contributed by atoms with Crippen molar-refractivity contribution in [2.45, 2.75) is 45.2 Å². The number of nitrogens with one attached hydrogen (secondary N) is 1. The lowest BCUT2D eigenvalue weighted by Crippen LogP contribution is -2.36. The quantitative estimate of drug-likeness (QED) is 0.822. The number of nitrogens with zero attached hydrogens (tertiary/aromatic N) is 4. The Morgan fingerprint density at radius 3 is 2.86 bits per heavy atom. The van der Waals surface area contributed by atoms with Gasteiger partial charge in [0.05, 0.1) is 0 Å². The number of aryl methyl sites for hydroxylation is 1. The predicted molar refractivity (Wildman–Crippen MR) is 104 cm³/mol. The van der Waals surface area contributed by atoms with Gasteiger partial charge in [0.25, 0.3) is 0 Å². The second-order valence-corrected chi connectivity index (χ2v) is 7.82. The molecule has 2 aliphatic rings. The van der Waals surface area contributed by atoms with Gasteiger partial charge in [0.1, 0.15) is 12.4 Å². The first kappa shape index (κ1) is 19.6. The summed E-state index contributed by atoms with van der Waals surface area (Å²) in [6, 6.07) is 3.89. The zero-order valence-corrected chi connectivity index (χ0v) is 16.2. The van der Waals surface area contributed by atoms with Crippen LogP contribution in [-0.4, -0.2) is 39.9 Å². The van der Waals surface area contributed by atoms with Gasteiger partial charge in [-0.15, -0.1) is 0 Å². The van der Waals surface area contributed by atoms with E-state index in [-0.39, 0.29) is 24.1 Å². The summed E-state index contributed by atoms with van der Waals surface area (Å²) in [5.41, 5.74) is 0.422. The van der Waals surface area contributed by atoms with Gasteiger partial charge >= 0.3 is 5.69 Å². The summed E-state index contributed by atoms with van der Waals surface area (Å²) in [7, 11) is 0. The highest BCUT2D eigenvalue weighted by Crippen LogP contribution is 2.25. The van der Waals surface area contributed by atoms with E-state index >= 15 is 0 Å². The Kier molecular flexibility index (Phi) is 5.64. The van der Waals surface area contributed by atoms with Crippen LogP contribution in [0.5, 0.6) is 0 Å². The molecule has 156 valence electrons. The van der Waals surface area contributed by atoms with Gasteiger partial charge in [-0.2, -0.15) is 5.10 Å². The Labute approximate surface area is 167 Å². The molecule has 0 saturated carbocycles. The first-order valence-corrected chi connectivity index (χ1v) is 10.1. The maximum absolute atomic E-state index is 13.4. The number of hydrogen-bond acceptors (Lipinski definition) is 4. The standard InChI is InChI=1S/C20H25F2N5O2/c21-16-6-5-15(10-17(16)22)25-9-7-14(12-25)11-23-19(28)13-27-20(29)26-8-3-1-2-4-18(26)24-27/h5-6,10,14H,1-4,7-9,11-13H2,(H,23,28). The van der Waals surface area contributed by atoms with Crippen molar-refractivity contribution in [2.24, 2.45) is 5.92 Å². The Balaban J connectivity index is 1.29. The summed E-state index contributed by atoms with van der Waals surface area (Å²) >= 11 is 0. The predicted octanol–water partition coefficient (Wildman–Crippen LogP) is 1.69. The number of fused-ring (bicyclic) bond motifs is 1. The van der Waals surface area contributed by atoms with E-state index in [1.807, 2.05) is 4.90 Å². The normalized spacial score (nSPS) is 19.1. The van der Waals surface area contributed by atoms with Crippen molar-refractivity contribution < 1.29 is 13.6 Å². The largest absolute Gasteiger partial charge is 0.371 e. The number of rotatable bonds is 5. The summed E-state index contributed by atoms with van der Waals surface area (Å²) in [4.78, 5) is 26.7. The topological polar surface area (TPSA) is 72.2 Å². The first-order valence-electron chi connectivity index (χ1n) is 10.1. The van der Waals surface area contributed by atoms with Crippen LogP contribution in [0, 0.1) is 17.6 Å². The fourth-order valence-corrected chi connectivity index (χ4v) is 4.09. The number of benzene rings is 1. The van der Waals surface area contributed by atoms with Crippen LogP contribution in [0.15, 0.2) is 23.0 Å². The van der Waals surface area contributed by atoms with Crippen LogP contribution in [0.3, 0.4) is 0 Å². The smallest absolute Gasteiger partial charge is 0.346 e. The molecule has 1 atom stereocenters. The lowest BCUT2D eigenvalue weighted by atomic mass is 10.1. The molecule has 1 aromatic carbocycles. The minimum absolute atomic E-state index is 0.0849. The van der Waals surface area contributed by atoms with Gasteiger partial charge in [0, 0.05) is 44.4 Å². The van der Waals surface area contributed by atoms with Crippen LogP contribution < -0.4 is 15.9 Å². The summed E-state index contributed by atoms with van der Waals surface area (Å²) < 4.78 is 29.5. The molecule has 1 fully saturated rings. The van der Waals surface area contributed by atoms with E-state index in [0.717, 1.165) is 50.5 Å². The van der Waals surface area contributed by atoms with Crippen molar-refractivity contribution in [2.75, 3.05) is 24.5 Å². The molecular formula is C20H25F2N5O2. The molecule has 1 aromatic heterocycles. The van der Waals surface area contributed by atoms with E-state index in [1.165, 1.54) is 10.7 Å². The number of anilines is 1. The molecule has 0 bridgehead atoms. The van der Waals surface area contributed by atoms with E-state index in [9.17, 15) is 18.4 Å². The minimum Gasteiger partial charge on any atom is -0.371 e. The van der Waals surface area contributed by atoms with Crippen LogP contribution in [0.1, 0.15) is 31.5 Å². The number of hydrogen-bond donors (Lipinski definition) is 1. The Bertz CT molecular complexity index is 955. The van der Waals surface area contributed by atoms with Gasteiger partial charge in [0.15, 0.2) is 11.6 Å². The highest BCUT2D eigenvalue weighted by molar-refractivity contribution is 5.75. The molecule has 1 amide bonds. The van der Waals surface area contributed by atoms with Gasteiger partial charge in [0.2, 0.25) is 5.91 Å². The molecule has 9 heteroatoms. The molecule has 29 heavy (non-hydrogen) atoms. The van der Waals surface area contributed by atoms with Crippen molar-refractivity contribution in [1.29, 1.82) is 0 Å². The van der Waals surface area contributed by atoms with E-state index in [2.05, 4.69) is 10.4 Å². The van der Waals surface area contributed by atoms with Crippen LogP contribution in [0.25, 0.3) is 0 Å². The number of amides is 1. The van der Waals surface area contributed by atoms with Crippen molar-refractivity contribution in [3.05, 3.63) is 46.1 Å². The zero-order chi connectivity index (χ0) is 20.4. The van der Waals surface area contributed by atoms with Gasteiger partial charge in [-0.05, 0) is 37.3 Å². The molecule has 0 spiro atoms. The van der Waals surface area contributed by atoms with Crippen LogP contribution in [0.2, 0.25) is 0 Å². The Morgan fingerprint density at radius 1 is 1.17 bits per heavy atom. The third-order valence-electron chi connectivity index (χ3n) is 5.72. The lowest BCUT2D eigenvalue weighted by Gasteiger charge is -2.19. The number of aromatic nitrogens is 3. The van der Waals surface area contributed by atoms with Crippen LogP contribution >= 0.6 is 0 Å². The van der Waals surface area contributed by atoms with Gasteiger partial charge in [-0.3, -0.25) is 9.36 Å². The van der Waals surface area contributed by atoms with E-state index in [1.54, 1.807) is 10.6 Å². The SMILES string of the molecule is O=C(Cn1nc2n(c1=O)CCCCC2)NCC1CCN(c2ccc(F)c(F)c2)C1. The zero-order valence-electron chi connectivity index (χ0n) is 16.2. The number of carbonyl (C=O) groups is 1. The van der Waals surface area contributed by atoms with Crippen LogP contribution in [-0.2, 0) is 24.3 Å². The summed E-state index contributed by atoms with van der Waals surface area (Å²) in [5.74, 6) is -0.987. The summed E-state index contributed by atoms with van der Waals surface area (Å²) in [5, 5.41) is 7.21. The molecular weight excluding hydrogens is 380 g/mol. The number of carbonyl (C=O) groups excluding carboxylic acids is 1. The fraction of sp³-hybridized carbons (Fsp3) is 0.550. The highest BCUT2D eigenvalue weighted by Gasteiger charge is 2.24. The van der Waals surface area contributed by atoms with Gasteiger partial charge < -0.3 is 10.2 Å². The number of halogens is 2. The molecule has 7 nitrogen and oxygen atoms in total. The second-order valence-electron chi connectivity index (χ2n) is 7.82. The minimum atomic E-state index is -0.858. The maximum Gasteiger partial charge on any atom is 0.346 e. The van der Waals surface area contributed by atoms with Crippen molar-refractivity contribution in [3.63, 3.8) is 0 Å². The van der Waals surface area contributed by atoms with Crippen molar-refractivity contribution in [1.82, 2.24) is 19.7 Å². The van der Waals surface area contributed by atoms with Crippen molar-refractivity contribution >= 4 is 11.6 Å².